The van der Waals surface area contributed by atoms with Gasteiger partial charge < -0.3 is 28.5 Å². The molecule has 0 unspecified atom stereocenters. The summed E-state index contributed by atoms with van der Waals surface area (Å²) < 4.78 is 29.7. The second-order valence-corrected chi connectivity index (χ2v) is 11.5. The molecule has 3 aromatic heterocycles. The van der Waals surface area contributed by atoms with Gasteiger partial charge in [-0.2, -0.15) is 0 Å². The molecule has 13 nitrogen and oxygen atoms in total. The van der Waals surface area contributed by atoms with Gasteiger partial charge in [-0.3, -0.25) is 9.36 Å². The molecule has 1 saturated heterocycles. The van der Waals surface area contributed by atoms with Crippen LogP contribution >= 0.6 is 11.3 Å². The lowest BCUT2D eigenvalue weighted by Gasteiger charge is -2.30. The monoisotopic (exact) mass is 613 g/mol. The summed E-state index contributed by atoms with van der Waals surface area (Å²) in [6.45, 7) is 5.19. The van der Waals surface area contributed by atoms with E-state index >= 15 is 0 Å². The first kappa shape index (κ1) is 30.2. The highest BCUT2D eigenvalue weighted by molar-refractivity contribution is 7.22. The Kier molecular flexibility index (Phi) is 8.53. The van der Waals surface area contributed by atoms with Crippen molar-refractivity contribution in [3.8, 4) is 16.5 Å². The summed E-state index contributed by atoms with van der Waals surface area (Å²) in [4.78, 5) is 57.5. The first-order valence-corrected chi connectivity index (χ1v) is 14.4. The Hall–Kier alpha value is -4.27. The van der Waals surface area contributed by atoms with Gasteiger partial charge in [0.15, 0.2) is 0 Å². The third kappa shape index (κ3) is 5.72. The van der Waals surface area contributed by atoms with Gasteiger partial charge in [-0.05, 0) is 45.2 Å². The molecule has 0 saturated carbocycles. The van der Waals surface area contributed by atoms with Gasteiger partial charge in [0, 0.05) is 18.8 Å². The number of para-hydroxylation sites is 1. The van der Waals surface area contributed by atoms with Crippen LogP contribution < -0.4 is 16.0 Å². The lowest BCUT2D eigenvalue weighted by molar-refractivity contribution is -0.148. The summed E-state index contributed by atoms with van der Waals surface area (Å²) in [7, 11) is 1.54. The minimum atomic E-state index is -1.98. The topological polar surface area (TPSA) is 161 Å². The molecule has 1 fully saturated rings. The van der Waals surface area contributed by atoms with Gasteiger partial charge in [-0.15, -0.1) is 11.3 Å². The van der Waals surface area contributed by atoms with Crippen molar-refractivity contribution in [3.05, 3.63) is 68.7 Å². The number of benzene rings is 1. The smallest absolute Gasteiger partial charge is 0.496 e. The number of thiophene rings is 1. The second kappa shape index (κ2) is 12.1. The van der Waals surface area contributed by atoms with E-state index in [1.807, 2.05) is 18.2 Å². The zero-order valence-corrected chi connectivity index (χ0v) is 24.8. The van der Waals surface area contributed by atoms with Gasteiger partial charge in [-0.1, -0.05) is 18.2 Å². The van der Waals surface area contributed by atoms with Crippen LogP contribution in [0.3, 0.4) is 0 Å². The molecule has 1 aromatic carbocycles. The zero-order valence-electron chi connectivity index (χ0n) is 24.0. The average Bonchev–Trinajstić information content (AvgIpc) is 3.63. The number of hydrogen-bond donors (Lipinski definition) is 1. The first-order chi connectivity index (χ1) is 20.5. The highest BCUT2D eigenvalue weighted by Gasteiger charge is 2.39. The molecule has 1 atom stereocenters. The number of oxazole rings is 1. The lowest BCUT2D eigenvalue weighted by Crippen LogP contribution is -2.53. The molecule has 1 aliphatic rings. The van der Waals surface area contributed by atoms with Crippen LogP contribution in [0.5, 0.6) is 5.75 Å². The molecule has 14 heteroatoms. The van der Waals surface area contributed by atoms with E-state index in [0.717, 1.165) is 15.9 Å². The number of hydrogen-bond acceptors (Lipinski definition) is 11. The molecule has 43 heavy (non-hydrogen) atoms. The highest BCUT2D eigenvalue weighted by atomic mass is 32.1. The quantitative estimate of drug-likeness (QED) is 0.214. The summed E-state index contributed by atoms with van der Waals surface area (Å²) in [6.07, 6.45) is 1.42. The Labute approximate surface area is 249 Å². The van der Waals surface area contributed by atoms with Gasteiger partial charge in [0.1, 0.15) is 28.5 Å². The summed E-state index contributed by atoms with van der Waals surface area (Å²) >= 11 is 1.14. The number of fused-ring (bicyclic) bond motifs is 1. The van der Waals surface area contributed by atoms with E-state index in [1.165, 1.54) is 38.0 Å². The molecular weight excluding hydrogens is 582 g/mol. The molecular formula is C29H31N3O10S. The zero-order chi connectivity index (χ0) is 30.9. The predicted octanol–water partition coefficient (Wildman–Crippen LogP) is 4.09. The molecule has 1 N–H and O–H groups in total. The maximum Gasteiger partial charge on any atom is 0.513 e. The Morgan fingerprint density at radius 1 is 1.21 bits per heavy atom. The fourth-order valence-electron chi connectivity index (χ4n) is 5.19. The Bertz CT molecular complexity index is 1760. The van der Waals surface area contributed by atoms with Crippen LogP contribution in [0.1, 0.15) is 43.9 Å². The number of esters is 1. The number of rotatable bonds is 9. The van der Waals surface area contributed by atoms with Gasteiger partial charge in [0.2, 0.25) is 5.89 Å². The van der Waals surface area contributed by atoms with E-state index < -0.39 is 35.0 Å². The van der Waals surface area contributed by atoms with Gasteiger partial charge in [0.05, 0.1) is 36.2 Å². The lowest BCUT2D eigenvalue weighted by atomic mass is 10.0. The van der Waals surface area contributed by atoms with Crippen molar-refractivity contribution in [1.29, 1.82) is 0 Å². The summed E-state index contributed by atoms with van der Waals surface area (Å²) in [6, 6.07) is 7.28. The van der Waals surface area contributed by atoms with Crippen LogP contribution in [0.15, 0.2) is 50.7 Å². The highest BCUT2D eigenvalue weighted by Crippen LogP contribution is 2.37. The van der Waals surface area contributed by atoms with Crippen molar-refractivity contribution >= 4 is 33.7 Å². The number of carbonyl (C=O) groups excluding carboxylic acids is 1. The second-order valence-electron chi connectivity index (χ2n) is 10.5. The largest absolute Gasteiger partial charge is 0.513 e. The van der Waals surface area contributed by atoms with Crippen LogP contribution in [0, 0.1) is 6.92 Å². The molecule has 4 aromatic rings. The third-order valence-corrected chi connectivity index (χ3v) is 8.74. The van der Waals surface area contributed by atoms with E-state index in [9.17, 15) is 19.2 Å². The van der Waals surface area contributed by atoms with E-state index in [4.69, 9.17) is 23.7 Å². The normalized spacial score (nSPS) is 15.0. The fourth-order valence-corrected chi connectivity index (χ4v) is 6.43. The number of aromatic nitrogens is 3. The van der Waals surface area contributed by atoms with E-state index in [-0.39, 0.29) is 23.9 Å². The van der Waals surface area contributed by atoms with Crippen molar-refractivity contribution in [2.45, 2.75) is 57.9 Å². The molecule has 0 bridgehead atoms. The molecule has 4 heterocycles. The third-order valence-electron chi connectivity index (χ3n) is 7.44. The minimum absolute atomic E-state index is 0.0671. The van der Waals surface area contributed by atoms with Crippen LogP contribution in [0.2, 0.25) is 0 Å². The number of aryl methyl sites for hydroxylation is 1. The van der Waals surface area contributed by atoms with Gasteiger partial charge in [0.25, 0.3) is 5.56 Å². The average molecular weight is 614 g/mol. The van der Waals surface area contributed by atoms with Crippen molar-refractivity contribution in [2.24, 2.45) is 0 Å². The van der Waals surface area contributed by atoms with Crippen LogP contribution in [0.4, 0.5) is 4.79 Å². The van der Waals surface area contributed by atoms with Crippen molar-refractivity contribution in [2.75, 3.05) is 20.3 Å². The van der Waals surface area contributed by atoms with E-state index in [0.29, 0.717) is 52.6 Å². The minimum Gasteiger partial charge on any atom is -0.496 e. The van der Waals surface area contributed by atoms with Crippen LogP contribution in [-0.2, 0) is 31.1 Å². The summed E-state index contributed by atoms with van der Waals surface area (Å²) in [5, 5.41) is 9.25. The van der Waals surface area contributed by atoms with Crippen LogP contribution in [-0.4, -0.2) is 57.8 Å². The van der Waals surface area contributed by atoms with Crippen molar-refractivity contribution in [3.63, 3.8) is 0 Å². The maximum absolute atomic E-state index is 14.3. The fraction of sp³-hybridized carbons (Fsp3) is 0.414. The number of carboxylic acid groups (broad SMARTS) is 1. The molecule has 0 spiro atoms. The van der Waals surface area contributed by atoms with Crippen molar-refractivity contribution < 1.29 is 38.1 Å². The number of ether oxygens (including phenoxy) is 4. The van der Waals surface area contributed by atoms with E-state index in [2.05, 4.69) is 9.72 Å². The summed E-state index contributed by atoms with van der Waals surface area (Å²) in [5.41, 5.74) is -2.45. The Balaban J connectivity index is 1.76. The number of carbonyl (C=O) groups is 2. The number of nitrogens with zero attached hydrogens (tertiary/aromatic N) is 3. The Morgan fingerprint density at radius 3 is 2.58 bits per heavy atom. The Morgan fingerprint density at radius 2 is 1.93 bits per heavy atom. The molecule has 228 valence electrons. The SMILES string of the molecule is COc1ccccc1[C@H](Cn1c(=O)n(C(C)(C)C(=O)OC(=O)O)c(=O)c2c(C)c(-c3ncco3)sc21)OC1CCOCC1. The molecule has 5 rings (SSSR count). The van der Waals surface area contributed by atoms with Crippen LogP contribution in [0.25, 0.3) is 21.0 Å². The molecule has 0 radical (unpaired) electrons. The molecule has 0 aliphatic carbocycles. The predicted molar refractivity (Wildman–Crippen MR) is 155 cm³/mol. The maximum atomic E-state index is 14.3. The van der Waals surface area contributed by atoms with Gasteiger partial charge in [-0.25, -0.2) is 23.9 Å². The molecule has 1 aliphatic heterocycles. The van der Waals surface area contributed by atoms with E-state index in [1.54, 1.807) is 13.0 Å². The first-order valence-electron chi connectivity index (χ1n) is 13.5. The van der Waals surface area contributed by atoms with Crippen molar-refractivity contribution in [1.82, 2.24) is 14.1 Å². The number of methoxy groups -OCH3 is 1. The standard InChI is InChI=1S/C29H31N3O10S/c1-16-21-24(33)32(29(2,3)26(34)42-28(36)37)27(35)31(25(21)43-22(16)23-30-11-14-40-23)15-20(41-17-9-12-39-13-10-17)18-7-5-6-8-19(18)38-4/h5-8,11,14,17,20H,9-10,12-13,15H2,1-4H3,(H,36,37)/t20-/m0/s1. The summed E-state index contributed by atoms with van der Waals surface area (Å²) in [5.74, 6) is -0.482. The van der Waals surface area contributed by atoms with Gasteiger partial charge >= 0.3 is 17.8 Å². The molecule has 0 amide bonds.